The molecule has 88 valence electrons. The normalized spacial score (nSPS) is 18.7. The quantitative estimate of drug-likeness (QED) is 0.414. The molecule has 0 atom stereocenters. The molecule has 0 radical (unpaired) electrons. The fourth-order valence-corrected chi connectivity index (χ4v) is 1.82. The summed E-state index contributed by atoms with van der Waals surface area (Å²) in [6, 6.07) is 0.161. The van der Waals surface area contributed by atoms with Gasteiger partial charge in [0.15, 0.2) is 0 Å². The Balaban J connectivity index is 2.44. The lowest BCUT2D eigenvalue weighted by Gasteiger charge is -2.32. The van der Waals surface area contributed by atoms with Crippen LogP contribution in [-0.2, 0) is 4.74 Å². The highest BCUT2D eigenvalue weighted by atomic mass is 16.6. The predicted octanol–water partition coefficient (Wildman–Crippen LogP) is 2.43. The third-order valence-corrected chi connectivity index (χ3v) is 2.57. The van der Waals surface area contributed by atoms with Crippen molar-refractivity contribution in [1.82, 2.24) is 5.01 Å². The van der Waals surface area contributed by atoms with Crippen LogP contribution in [0.4, 0.5) is 4.79 Å². The van der Waals surface area contributed by atoms with Crippen LogP contribution in [0.25, 0.3) is 0 Å². The van der Waals surface area contributed by atoms with E-state index in [0.717, 1.165) is 25.7 Å². The SMILES string of the molecule is CC(C)(C)OC(=O)N(N)C1CCCCC1. The second-order valence-electron chi connectivity index (χ2n) is 5.18. The first-order valence-electron chi connectivity index (χ1n) is 5.67. The Morgan fingerprint density at radius 2 is 1.80 bits per heavy atom. The van der Waals surface area contributed by atoms with Crippen LogP contribution in [-0.4, -0.2) is 22.7 Å². The van der Waals surface area contributed by atoms with Crippen molar-refractivity contribution >= 4 is 6.09 Å². The van der Waals surface area contributed by atoms with Gasteiger partial charge in [0, 0.05) is 0 Å². The number of hydrogen-bond donors (Lipinski definition) is 1. The number of hydrogen-bond acceptors (Lipinski definition) is 3. The summed E-state index contributed by atoms with van der Waals surface area (Å²) in [7, 11) is 0. The second-order valence-corrected chi connectivity index (χ2v) is 5.18. The van der Waals surface area contributed by atoms with Gasteiger partial charge in [-0.25, -0.2) is 15.6 Å². The monoisotopic (exact) mass is 214 g/mol. The number of rotatable bonds is 1. The van der Waals surface area contributed by atoms with Crippen molar-refractivity contribution < 1.29 is 9.53 Å². The molecule has 1 rings (SSSR count). The minimum atomic E-state index is -0.469. The van der Waals surface area contributed by atoms with E-state index in [1.54, 1.807) is 0 Å². The van der Waals surface area contributed by atoms with Crippen LogP contribution in [0, 0.1) is 0 Å². The van der Waals surface area contributed by atoms with Crippen molar-refractivity contribution in [2.24, 2.45) is 5.84 Å². The van der Waals surface area contributed by atoms with Gasteiger partial charge in [-0.15, -0.1) is 0 Å². The first-order chi connectivity index (χ1) is 6.90. The van der Waals surface area contributed by atoms with E-state index in [9.17, 15) is 4.79 Å². The van der Waals surface area contributed by atoms with Crippen LogP contribution in [0.3, 0.4) is 0 Å². The second kappa shape index (κ2) is 4.84. The first-order valence-corrected chi connectivity index (χ1v) is 5.67. The largest absolute Gasteiger partial charge is 0.443 e. The van der Waals surface area contributed by atoms with Gasteiger partial charge >= 0.3 is 6.09 Å². The molecule has 1 fully saturated rings. The van der Waals surface area contributed by atoms with Crippen molar-refractivity contribution in [3.8, 4) is 0 Å². The van der Waals surface area contributed by atoms with Gasteiger partial charge < -0.3 is 4.74 Å². The summed E-state index contributed by atoms with van der Waals surface area (Å²) < 4.78 is 5.21. The molecule has 1 saturated carbocycles. The van der Waals surface area contributed by atoms with Crippen molar-refractivity contribution in [3.63, 3.8) is 0 Å². The van der Waals surface area contributed by atoms with Crippen LogP contribution in [0.1, 0.15) is 52.9 Å². The molecule has 1 aliphatic rings. The Kier molecular flexibility index (Phi) is 3.97. The van der Waals surface area contributed by atoms with Crippen LogP contribution < -0.4 is 5.84 Å². The zero-order valence-corrected chi connectivity index (χ0v) is 9.95. The molecule has 0 aromatic rings. The number of hydrazine groups is 1. The van der Waals surface area contributed by atoms with Crippen molar-refractivity contribution in [1.29, 1.82) is 0 Å². The Bertz CT molecular complexity index is 217. The highest BCUT2D eigenvalue weighted by Gasteiger charge is 2.26. The molecule has 0 aromatic carbocycles. The van der Waals surface area contributed by atoms with Gasteiger partial charge in [0.25, 0.3) is 0 Å². The molecule has 2 N–H and O–H groups in total. The van der Waals surface area contributed by atoms with Crippen molar-refractivity contribution in [2.75, 3.05) is 0 Å². The number of carbonyl (C=O) groups is 1. The maximum Gasteiger partial charge on any atom is 0.424 e. The van der Waals surface area contributed by atoms with Gasteiger partial charge in [-0.2, -0.15) is 0 Å². The fraction of sp³-hybridized carbons (Fsp3) is 0.909. The maximum atomic E-state index is 11.6. The lowest BCUT2D eigenvalue weighted by atomic mass is 9.95. The van der Waals surface area contributed by atoms with E-state index in [2.05, 4.69) is 0 Å². The molecule has 0 heterocycles. The molecule has 0 bridgehead atoms. The van der Waals surface area contributed by atoms with E-state index >= 15 is 0 Å². The van der Waals surface area contributed by atoms with Crippen LogP contribution in [0.15, 0.2) is 0 Å². The summed E-state index contributed by atoms with van der Waals surface area (Å²) in [6.45, 7) is 5.54. The molecule has 0 aromatic heterocycles. The standard InChI is InChI=1S/C11H22N2O2/c1-11(2,3)15-10(14)13(12)9-7-5-4-6-8-9/h9H,4-8,12H2,1-3H3. The van der Waals surface area contributed by atoms with E-state index < -0.39 is 11.7 Å². The molecule has 4 nitrogen and oxygen atoms in total. The summed E-state index contributed by atoms with van der Waals surface area (Å²) in [4.78, 5) is 11.6. The lowest BCUT2D eigenvalue weighted by Crippen LogP contribution is -2.48. The third-order valence-electron chi connectivity index (χ3n) is 2.57. The highest BCUT2D eigenvalue weighted by Crippen LogP contribution is 2.22. The molecule has 1 aliphatic carbocycles. The predicted molar refractivity (Wildman–Crippen MR) is 59.1 cm³/mol. The van der Waals surface area contributed by atoms with Gasteiger partial charge in [-0.05, 0) is 33.6 Å². The molecular formula is C11H22N2O2. The third kappa shape index (κ3) is 4.08. The summed E-state index contributed by atoms with van der Waals surface area (Å²) in [5, 5.41) is 1.27. The lowest BCUT2D eigenvalue weighted by molar-refractivity contribution is 0.0118. The highest BCUT2D eigenvalue weighted by molar-refractivity contribution is 5.67. The molecule has 4 heteroatoms. The molecule has 15 heavy (non-hydrogen) atoms. The number of nitrogens with zero attached hydrogens (tertiary/aromatic N) is 1. The molecular weight excluding hydrogens is 192 g/mol. The van der Waals surface area contributed by atoms with Crippen molar-refractivity contribution in [2.45, 2.75) is 64.5 Å². The van der Waals surface area contributed by atoms with Crippen LogP contribution >= 0.6 is 0 Å². The zero-order valence-electron chi connectivity index (χ0n) is 9.95. The molecule has 0 saturated heterocycles. The Hall–Kier alpha value is -0.770. The van der Waals surface area contributed by atoms with Gasteiger partial charge in [0.2, 0.25) is 0 Å². The molecule has 0 aliphatic heterocycles. The Labute approximate surface area is 91.7 Å². The van der Waals surface area contributed by atoms with Crippen molar-refractivity contribution in [3.05, 3.63) is 0 Å². The average Bonchev–Trinajstić information content (AvgIpc) is 2.15. The van der Waals surface area contributed by atoms with E-state index in [-0.39, 0.29) is 6.04 Å². The number of amides is 1. The smallest absolute Gasteiger partial charge is 0.424 e. The Morgan fingerprint density at radius 1 is 1.27 bits per heavy atom. The average molecular weight is 214 g/mol. The Morgan fingerprint density at radius 3 is 2.27 bits per heavy atom. The maximum absolute atomic E-state index is 11.6. The van der Waals surface area contributed by atoms with Gasteiger partial charge in [-0.3, -0.25) is 0 Å². The van der Waals surface area contributed by atoms with Gasteiger partial charge in [0.05, 0.1) is 6.04 Å². The number of carbonyl (C=O) groups excluding carboxylic acids is 1. The molecule has 0 unspecified atom stereocenters. The summed E-state index contributed by atoms with van der Waals surface area (Å²) >= 11 is 0. The molecule has 1 amide bonds. The van der Waals surface area contributed by atoms with E-state index in [4.69, 9.17) is 10.6 Å². The van der Waals surface area contributed by atoms with E-state index in [1.165, 1.54) is 11.4 Å². The number of ether oxygens (including phenoxy) is 1. The van der Waals surface area contributed by atoms with Gasteiger partial charge in [0.1, 0.15) is 5.60 Å². The van der Waals surface area contributed by atoms with E-state index in [0.29, 0.717) is 0 Å². The van der Waals surface area contributed by atoms with E-state index in [1.807, 2.05) is 20.8 Å². The summed E-state index contributed by atoms with van der Waals surface area (Å²) in [6.07, 6.45) is 5.14. The van der Waals surface area contributed by atoms with Crippen LogP contribution in [0.5, 0.6) is 0 Å². The minimum Gasteiger partial charge on any atom is -0.443 e. The zero-order chi connectivity index (χ0) is 11.5. The van der Waals surface area contributed by atoms with Crippen LogP contribution in [0.2, 0.25) is 0 Å². The first kappa shape index (κ1) is 12.3. The summed E-state index contributed by atoms with van der Waals surface area (Å²) in [5.74, 6) is 5.76. The minimum absolute atomic E-state index is 0.161. The van der Waals surface area contributed by atoms with Gasteiger partial charge in [-0.1, -0.05) is 19.3 Å². The number of nitrogens with two attached hydrogens (primary N) is 1. The topological polar surface area (TPSA) is 55.6 Å². The summed E-state index contributed by atoms with van der Waals surface area (Å²) in [5.41, 5.74) is -0.469. The molecule has 0 spiro atoms. The fourth-order valence-electron chi connectivity index (χ4n) is 1.82.